The van der Waals surface area contributed by atoms with Gasteiger partial charge in [0, 0.05) is 28.2 Å². The fraction of sp³-hybridized carbons (Fsp3) is 0.667. The Bertz CT molecular complexity index is 150. The first-order chi connectivity index (χ1) is 5.29. The monoisotopic (exact) mass is 221 g/mol. The molecule has 0 spiro atoms. The predicted octanol–water partition coefficient (Wildman–Crippen LogP) is -8.39. The molecule has 0 rings (SSSR count). The van der Waals surface area contributed by atoms with Crippen LogP contribution in [-0.4, -0.2) is 50.1 Å². The van der Waals surface area contributed by atoms with Gasteiger partial charge in [-0.05, 0) is 6.16 Å². The summed E-state index contributed by atoms with van der Waals surface area (Å²) in [5, 5.41) is 23.9. The molecule has 0 aromatic heterocycles. The molecule has 0 unspecified atom stereocenters. The Labute approximate surface area is 128 Å². The van der Waals surface area contributed by atoms with E-state index in [0.717, 1.165) is 0 Å². The summed E-state index contributed by atoms with van der Waals surface area (Å²) in [6, 6.07) is 0. The smallest absolute Gasteiger partial charge is 0.652 e. The van der Waals surface area contributed by atoms with Crippen molar-refractivity contribution < 1.29 is 74.1 Å². The summed E-state index contributed by atoms with van der Waals surface area (Å²) in [7, 11) is 7.40. The molecular formula is C6H13N3Na2O3. The van der Waals surface area contributed by atoms with Crippen molar-refractivity contribution in [1.29, 1.82) is 5.41 Å². The molecule has 0 bridgehead atoms. The second-order valence-electron chi connectivity index (χ2n) is 2.36. The number of carbonyl (C=O) groups excluding carboxylic acids is 1. The first-order valence-corrected chi connectivity index (χ1v) is 3.10. The van der Waals surface area contributed by atoms with E-state index in [1.807, 2.05) is 28.2 Å². The van der Waals surface area contributed by atoms with Crippen LogP contribution in [0.15, 0.2) is 0 Å². The Hall–Kier alpha value is 0.540. The second-order valence-corrected chi connectivity index (χ2v) is 2.36. The zero-order valence-electron chi connectivity index (χ0n) is 9.62. The molecule has 0 heterocycles. The number of guanidine groups is 1. The van der Waals surface area contributed by atoms with Gasteiger partial charge in [-0.15, -0.1) is 0 Å². The molecule has 14 heavy (non-hydrogen) atoms. The minimum Gasteiger partial charge on any atom is -0.652 e. The number of hydrogen-bond acceptors (Lipinski definition) is 4. The van der Waals surface area contributed by atoms with Gasteiger partial charge in [-0.3, -0.25) is 5.41 Å². The third-order valence-electron chi connectivity index (χ3n) is 0.847. The van der Waals surface area contributed by atoms with Crippen LogP contribution < -0.4 is 69.3 Å². The largest absolute Gasteiger partial charge is 1.00 e. The molecule has 0 radical (unpaired) electrons. The van der Waals surface area contributed by atoms with Crippen LogP contribution in [0.5, 0.6) is 0 Å². The molecule has 0 aliphatic carbocycles. The molecule has 0 aromatic carbocycles. The average molecular weight is 221 g/mol. The molecule has 6 nitrogen and oxygen atoms in total. The van der Waals surface area contributed by atoms with E-state index in [4.69, 9.17) is 20.4 Å². The van der Waals surface area contributed by atoms with Crippen molar-refractivity contribution in [3.8, 4) is 0 Å². The average Bonchev–Trinajstić information content (AvgIpc) is 1.84. The van der Waals surface area contributed by atoms with Crippen LogP contribution in [-0.2, 0) is 0 Å². The van der Waals surface area contributed by atoms with Gasteiger partial charge in [-0.2, -0.15) is 0 Å². The summed E-state index contributed by atoms with van der Waals surface area (Å²) in [4.78, 5) is 11.8. The van der Waals surface area contributed by atoms with Crippen molar-refractivity contribution in [3.63, 3.8) is 0 Å². The molecule has 0 aliphatic heterocycles. The van der Waals surface area contributed by atoms with E-state index in [2.05, 4.69) is 0 Å². The summed E-state index contributed by atoms with van der Waals surface area (Å²) in [5.41, 5.74) is 0. The predicted molar refractivity (Wildman–Crippen MR) is 40.5 cm³/mol. The van der Waals surface area contributed by atoms with E-state index >= 15 is 0 Å². The zero-order valence-corrected chi connectivity index (χ0v) is 13.6. The van der Waals surface area contributed by atoms with Crippen molar-refractivity contribution in [2.75, 3.05) is 28.2 Å². The van der Waals surface area contributed by atoms with Crippen LogP contribution in [0.4, 0.5) is 4.79 Å². The van der Waals surface area contributed by atoms with Gasteiger partial charge < -0.3 is 24.8 Å². The van der Waals surface area contributed by atoms with Gasteiger partial charge in [0.2, 0.25) is 0 Å². The maximum absolute atomic E-state index is 8.33. The molecule has 0 saturated carbocycles. The van der Waals surface area contributed by atoms with E-state index < -0.39 is 6.16 Å². The van der Waals surface area contributed by atoms with Crippen molar-refractivity contribution >= 4 is 12.1 Å². The van der Waals surface area contributed by atoms with Gasteiger partial charge in [-0.25, -0.2) is 0 Å². The molecule has 0 amide bonds. The van der Waals surface area contributed by atoms with Gasteiger partial charge in [0.05, 0.1) is 0 Å². The van der Waals surface area contributed by atoms with E-state index in [1.54, 1.807) is 9.80 Å². The Morgan fingerprint density at radius 3 is 1.14 bits per heavy atom. The van der Waals surface area contributed by atoms with Gasteiger partial charge >= 0.3 is 59.1 Å². The number of rotatable bonds is 0. The molecule has 0 saturated heterocycles. The normalized spacial score (nSPS) is 6.57. The second kappa shape index (κ2) is 13.5. The van der Waals surface area contributed by atoms with Crippen LogP contribution in [0.3, 0.4) is 0 Å². The van der Waals surface area contributed by atoms with Crippen LogP contribution in [0.2, 0.25) is 0 Å². The summed E-state index contributed by atoms with van der Waals surface area (Å²) < 4.78 is 0. The SMILES string of the molecule is CN(C)C(=N)N(C)C.O=C([O-])[O-].[Na+].[Na+]. The van der Waals surface area contributed by atoms with Crippen LogP contribution >= 0.6 is 0 Å². The molecule has 1 N–H and O–H groups in total. The number of carbonyl (C=O) groups is 1. The Morgan fingerprint density at radius 2 is 1.14 bits per heavy atom. The van der Waals surface area contributed by atoms with Crippen molar-refractivity contribution in [1.82, 2.24) is 9.80 Å². The molecule has 72 valence electrons. The standard InChI is InChI=1S/C5H13N3.CH2O3.2Na/c1-7(2)5(6)8(3)4;2-1(3)4;;/h6H,1-4H3;(H2,2,3,4);;/q;;2*+1/p-2. The minimum absolute atomic E-state index is 0. The number of nitrogens with zero attached hydrogens (tertiary/aromatic N) is 2. The minimum atomic E-state index is -2.33. The summed E-state index contributed by atoms with van der Waals surface area (Å²) in [6.07, 6.45) is -2.33. The molecule has 0 fully saturated rings. The molecule has 0 aromatic rings. The zero-order chi connectivity index (χ0) is 10.3. The Morgan fingerprint density at radius 1 is 1.00 bits per heavy atom. The maximum Gasteiger partial charge on any atom is 1.00 e. The summed E-state index contributed by atoms with van der Waals surface area (Å²) in [5.74, 6) is 0.519. The molecule has 0 aliphatic rings. The fourth-order valence-electron chi connectivity index (χ4n) is 0.400. The van der Waals surface area contributed by atoms with E-state index in [9.17, 15) is 0 Å². The van der Waals surface area contributed by atoms with E-state index in [0.29, 0.717) is 5.96 Å². The van der Waals surface area contributed by atoms with Gasteiger partial charge in [0.1, 0.15) is 0 Å². The fourth-order valence-corrected chi connectivity index (χ4v) is 0.400. The summed E-state index contributed by atoms with van der Waals surface area (Å²) >= 11 is 0. The topological polar surface area (TPSA) is 93.5 Å². The van der Waals surface area contributed by atoms with Crippen LogP contribution in [0, 0.1) is 5.41 Å². The first kappa shape index (κ1) is 24.0. The van der Waals surface area contributed by atoms with Gasteiger partial charge in [-0.1, -0.05) is 0 Å². The number of nitrogens with one attached hydrogen (secondary N) is 1. The van der Waals surface area contributed by atoms with Crippen molar-refractivity contribution in [2.24, 2.45) is 0 Å². The van der Waals surface area contributed by atoms with E-state index in [-0.39, 0.29) is 59.1 Å². The van der Waals surface area contributed by atoms with Gasteiger partial charge in [0.25, 0.3) is 0 Å². The molecule has 8 heteroatoms. The van der Waals surface area contributed by atoms with Crippen LogP contribution in [0.1, 0.15) is 0 Å². The van der Waals surface area contributed by atoms with Crippen LogP contribution in [0.25, 0.3) is 0 Å². The third kappa shape index (κ3) is 22.9. The third-order valence-corrected chi connectivity index (χ3v) is 0.847. The van der Waals surface area contributed by atoms with Crippen molar-refractivity contribution in [3.05, 3.63) is 0 Å². The number of hydrogen-bond donors (Lipinski definition) is 1. The Kier molecular flexibility index (Phi) is 23.2. The van der Waals surface area contributed by atoms with Crippen molar-refractivity contribution in [2.45, 2.75) is 0 Å². The number of carboxylic acid groups (broad SMARTS) is 2. The molecular weight excluding hydrogens is 208 g/mol. The Balaban J connectivity index is -0.0000000733. The maximum atomic E-state index is 8.33. The summed E-state index contributed by atoms with van der Waals surface area (Å²) in [6.45, 7) is 0. The quantitative estimate of drug-likeness (QED) is 0.249. The van der Waals surface area contributed by atoms with E-state index in [1.165, 1.54) is 0 Å². The van der Waals surface area contributed by atoms with Gasteiger partial charge in [0.15, 0.2) is 5.96 Å². The molecule has 0 atom stereocenters. The first-order valence-electron chi connectivity index (χ1n) is 3.10.